The molecule has 0 spiro atoms. The summed E-state index contributed by atoms with van der Waals surface area (Å²) in [6, 6.07) is 3.89. The van der Waals surface area contributed by atoms with Crippen LogP contribution in [0, 0.1) is 6.92 Å². The molecule has 0 unspecified atom stereocenters. The number of pyridine rings is 1. The lowest BCUT2D eigenvalue weighted by Crippen LogP contribution is -2.37. The highest BCUT2D eigenvalue weighted by molar-refractivity contribution is 8.93. The minimum atomic E-state index is -0.233. The first-order chi connectivity index (χ1) is 5.72. The average molecular weight is 247 g/mol. The first-order valence-electron chi connectivity index (χ1n) is 3.75. The minimum absolute atomic E-state index is 0. The molecule has 0 amide bonds. The SMILES string of the molecule is Br.COC(=O)C[n+]1ccc(C)cc1. The Kier molecular flexibility index (Phi) is 5.30. The summed E-state index contributed by atoms with van der Waals surface area (Å²) >= 11 is 0. The van der Waals surface area contributed by atoms with Crippen LogP contribution in [0.5, 0.6) is 0 Å². The van der Waals surface area contributed by atoms with Crippen molar-refractivity contribution in [3.05, 3.63) is 30.1 Å². The van der Waals surface area contributed by atoms with Gasteiger partial charge in [0.25, 0.3) is 0 Å². The molecule has 0 radical (unpaired) electrons. The van der Waals surface area contributed by atoms with E-state index in [1.807, 2.05) is 31.5 Å². The Labute approximate surface area is 88.1 Å². The second-order valence-corrected chi connectivity index (χ2v) is 2.62. The third-order valence-electron chi connectivity index (χ3n) is 1.60. The van der Waals surface area contributed by atoms with E-state index in [0.717, 1.165) is 0 Å². The highest BCUT2D eigenvalue weighted by Gasteiger charge is 2.07. The summed E-state index contributed by atoms with van der Waals surface area (Å²) in [7, 11) is 1.39. The molecule has 0 aliphatic rings. The van der Waals surface area contributed by atoms with Crippen molar-refractivity contribution >= 4 is 23.0 Å². The van der Waals surface area contributed by atoms with Crippen LogP contribution in [0.4, 0.5) is 0 Å². The van der Waals surface area contributed by atoms with Crippen molar-refractivity contribution in [2.75, 3.05) is 7.11 Å². The first kappa shape index (κ1) is 12.1. The molecule has 72 valence electrons. The van der Waals surface area contributed by atoms with Gasteiger partial charge in [0.05, 0.1) is 7.11 Å². The van der Waals surface area contributed by atoms with E-state index in [-0.39, 0.29) is 29.5 Å². The maximum atomic E-state index is 10.8. The van der Waals surface area contributed by atoms with Crippen LogP contribution in [-0.2, 0) is 16.1 Å². The predicted molar refractivity (Wildman–Crippen MR) is 53.7 cm³/mol. The van der Waals surface area contributed by atoms with Crippen LogP contribution in [0.2, 0.25) is 0 Å². The van der Waals surface area contributed by atoms with Crippen molar-refractivity contribution in [2.24, 2.45) is 0 Å². The summed E-state index contributed by atoms with van der Waals surface area (Å²) in [5.74, 6) is -0.233. The Morgan fingerprint density at radius 3 is 2.46 bits per heavy atom. The number of halogens is 1. The van der Waals surface area contributed by atoms with Gasteiger partial charge in [0.2, 0.25) is 6.54 Å². The Balaban J connectivity index is 0.00000144. The highest BCUT2D eigenvalue weighted by atomic mass is 79.9. The molecule has 0 atom stereocenters. The van der Waals surface area contributed by atoms with Gasteiger partial charge in [0, 0.05) is 12.1 Å². The fourth-order valence-corrected chi connectivity index (χ4v) is 0.851. The smallest absolute Gasteiger partial charge is 0.372 e. The molecule has 3 nitrogen and oxygen atoms in total. The average Bonchev–Trinajstić information content (AvgIpc) is 2.09. The number of nitrogens with zero attached hydrogens (tertiary/aromatic N) is 1. The first-order valence-corrected chi connectivity index (χ1v) is 3.75. The number of hydrogen-bond donors (Lipinski definition) is 0. The predicted octanol–water partition coefficient (Wildman–Crippen LogP) is 1.03. The van der Waals surface area contributed by atoms with Gasteiger partial charge in [0.1, 0.15) is 0 Å². The van der Waals surface area contributed by atoms with Gasteiger partial charge in [-0.3, -0.25) is 0 Å². The fourth-order valence-electron chi connectivity index (χ4n) is 0.851. The lowest BCUT2D eigenvalue weighted by molar-refractivity contribution is -0.685. The number of carbonyl (C=O) groups is 1. The molecule has 0 saturated heterocycles. The Morgan fingerprint density at radius 1 is 1.46 bits per heavy atom. The van der Waals surface area contributed by atoms with Gasteiger partial charge in [-0.05, 0) is 12.5 Å². The molecule has 1 aromatic rings. The molecule has 1 rings (SSSR count). The van der Waals surface area contributed by atoms with Gasteiger partial charge in [-0.2, -0.15) is 4.57 Å². The van der Waals surface area contributed by atoms with Crippen molar-refractivity contribution in [3.8, 4) is 0 Å². The summed E-state index contributed by atoms with van der Waals surface area (Å²) < 4.78 is 6.30. The zero-order valence-corrected chi connectivity index (χ0v) is 9.40. The van der Waals surface area contributed by atoms with Crippen molar-refractivity contribution in [1.82, 2.24) is 0 Å². The fraction of sp³-hybridized carbons (Fsp3) is 0.333. The Hall–Kier alpha value is -0.900. The topological polar surface area (TPSA) is 30.2 Å². The van der Waals surface area contributed by atoms with Crippen molar-refractivity contribution < 1.29 is 14.1 Å². The van der Waals surface area contributed by atoms with E-state index < -0.39 is 0 Å². The van der Waals surface area contributed by atoms with Crippen molar-refractivity contribution in [3.63, 3.8) is 0 Å². The van der Waals surface area contributed by atoms with Gasteiger partial charge in [0.15, 0.2) is 12.4 Å². The molecule has 0 fully saturated rings. The molecule has 0 aliphatic heterocycles. The number of esters is 1. The maximum Gasteiger partial charge on any atom is 0.372 e. The van der Waals surface area contributed by atoms with Crippen LogP contribution in [0.3, 0.4) is 0 Å². The third-order valence-corrected chi connectivity index (χ3v) is 1.60. The summed E-state index contributed by atoms with van der Waals surface area (Å²) in [6.07, 6.45) is 3.71. The molecular formula is C9H13BrNO2+. The molecule has 0 aromatic carbocycles. The Bertz CT molecular complexity index is 271. The molecule has 4 heteroatoms. The normalized spacial score (nSPS) is 8.77. The lowest BCUT2D eigenvalue weighted by atomic mass is 10.3. The van der Waals surface area contributed by atoms with Crippen LogP contribution in [0.25, 0.3) is 0 Å². The Morgan fingerprint density at radius 2 is 2.00 bits per heavy atom. The zero-order valence-electron chi connectivity index (χ0n) is 7.69. The highest BCUT2D eigenvalue weighted by Crippen LogP contribution is 1.89. The second-order valence-electron chi connectivity index (χ2n) is 2.62. The van der Waals surface area contributed by atoms with Gasteiger partial charge < -0.3 is 4.74 Å². The number of hydrogen-bond acceptors (Lipinski definition) is 2. The number of carbonyl (C=O) groups excluding carboxylic acids is 1. The second kappa shape index (κ2) is 5.70. The molecule has 0 saturated carbocycles. The molecule has 0 N–H and O–H groups in total. The molecule has 1 heterocycles. The zero-order chi connectivity index (χ0) is 8.97. The summed E-state index contributed by atoms with van der Waals surface area (Å²) in [6.45, 7) is 2.28. The van der Waals surface area contributed by atoms with E-state index in [1.165, 1.54) is 12.7 Å². The largest absolute Gasteiger partial charge is 0.464 e. The lowest BCUT2D eigenvalue weighted by Gasteiger charge is -1.95. The molecule has 0 aliphatic carbocycles. The van der Waals surface area contributed by atoms with E-state index in [9.17, 15) is 4.79 Å². The molecule has 0 bridgehead atoms. The number of aromatic nitrogens is 1. The maximum absolute atomic E-state index is 10.8. The van der Waals surface area contributed by atoms with Crippen molar-refractivity contribution in [2.45, 2.75) is 13.5 Å². The summed E-state index contributed by atoms with van der Waals surface area (Å²) in [5, 5.41) is 0. The van der Waals surface area contributed by atoms with Crippen LogP contribution < -0.4 is 4.57 Å². The van der Waals surface area contributed by atoms with E-state index in [1.54, 1.807) is 4.57 Å². The van der Waals surface area contributed by atoms with Crippen molar-refractivity contribution in [1.29, 1.82) is 0 Å². The third kappa shape index (κ3) is 4.03. The number of methoxy groups -OCH3 is 1. The van der Waals surface area contributed by atoms with Crippen LogP contribution in [0.1, 0.15) is 5.56 Å². The van der Waals surface area contributed by atoms with E-state index in [2.05, 4.69) is 4.74 Å². The van der Waals surface area contributed by atoms with Gasteiger partial charge in [-0.25, -0.2) is 4.79 Å². The van der Waals surface area contributed by atoms with Crippen LogP contribution in [0.15, 0.2) is 24.5 Å². The number of ether oxygens (including phenoxy) is 1. The summed E-state index contributed by atoms with van der Waals surface area (Å²) in [4.78, 5) is 10.8. The molecule has 13 heavy (non-hydrogen) atoms. The molecule has 1 aromatic heterocycles. The minimum Gasteiger partial charge on any atom is -0.464 e. The number of rotatable bonds is 2. The summed E-state index contributed by atoms with van der Waals surface area (Å²) in [5.41, 5.74) is 1.18. The van der Waals surface area contributed by atoms with Gasteiger partial charge in [-0.15, -0.1) is 17.0 Å². The van der Waals surface area contributed by atoms with Crippen LogP contribution in [-0.4, -0.2) is 13.1 Å². The van der Waals surface area contributed by atoms with Gasteiger partial charge in [-0.1, -0.05) is 0 Å². The number of aryl methyl sites for hydroxylation is 1. The van der Waals surface area contributed by atoms with Gasteiger partial charge >= 0.3 is 5.97 Å². The van der Waals surface area contributed by atoms with E-state index in [0.29, 0.717) is 0 Å². The van der Waals surface area contributed by atoms with E-state index >= 15 is 0 Å². The standard InChI is InChI=1S/C9H12NO2.BrH/c1-8-3-5-10(6-4-8)7-9(11)12-2;/h3-6H,7H2,1-2H3;1H/q+1;. The van der Waals surface area contributed by atoms with Crippen LogP contribution >= 0.6 is 17.0 Å². The monoisotopic (exact) mass is 246 g/mol. The van der Waals surface area contributed by atoms with E-state index in [4.69, 9.17) is 0 Å². The quantitative estimate of drug-likeness (QED) is 0.577. The molecular weight excluding hydrogens is 234 g/mol.